The van der Waals surface area contributed by atoms with Gasteiger partial charge in [0.25, 0.3) is 0 Å². The number of halogens is 3. The smallest absolute Gasteiger partial charge is 0.326 e. The summed E-state index contributed by atoms with van der Waals surface area (Å²) in [4.78, 5) is 15.4. The molecule has 1 heterocycles. The molecule has 0 aliphatic rings. The van der Waals surface area contributed by atoms with Gasteiger partial charge in [-0.25, -0.2) is 4.98 Å². The van der Waals surface area contributed by atoms with E-state index in [9.17, 15) is 18.0 Å². The maximum atomic E-state index is 12.9. The van der Waals surface area contributed by atoms with Crippen molar-refractivity contribution in [2.75, 3.05) is 11.1 Å². The fourth-order valence-corrected chi connectivity index (χ4v) is 3.01. The molecular weight excluding hydrogens is 351 g/mol. The summed E-state index contributed by atoms with van der Waals surface area (Å²) in [6, 6.07) is 11.6. The van der Waals surface area contributed by atoms with Gasteiger partial charge < -0.3 is 5.32 Å². The fourth-order valence-electron chi connectivity index (χ4n) is 2.01. The van der Waals surface area contributed by atoms with Gasteiger partial charge in [-0.05, 0) is 30.7 Å². The number of benzene rings is 1. The number of hydrogen-bond donors (Lipinski definition) is 1. The summed E-state index contributed by atoms with van der Waals surface area (Å²) in [6.45, 7) is 1.43. The Morgan fingerprint density at radius 2 is 2.00 bits per heavy atom. The highest BCUT2D eigenvalue weighted by Crippen LogP contribution is 2.32. The number of nitriles is 1. The first kappa shape index (κ1) is 18.8. The maximum Gasteiger partial charge on any atom is 0.433 e. The van der Waals surface area contributed by atoms with E-state index in [1.165, 1.54) is 6.92 Å². The molecule has 0 bridgehead atoms. The van der Waals surface area contributed by atoms with Crippen LogP contribution in [0.5, 0.6) is 0 Å². The molecule has 1 aromatic heterocycles. The molecule has 1 aromatic carbocycles. The van der Waals surface area contributed by atoms with E-state index in [0.717, 1.165) is 17.8 Å². The largest absolute Gasteiger partial charge is 0.433 e. The van der Waals surface area contributed by atoms with Gasteiger partial charge in [0.05, 0.1) is 5.56 Å². The van der Waals surface area contributed by atoms with E-state index in [1.807, 2.05) is 12.1 Å². The zero-order valence-corrected chi connectivity index (χ0v) is 14.0. The van der Waals surface area contributed by atoms with Crippen molar-refractivity contribution in [3.05, 3.63) is 53.2 Å². The maximum absolute atomic E-state index is 12.9. The summed E-state index contributed by atoms with van der Waals surface area (Å²) >= 11 is 0.961. The molecule has 25 heavy (non-hydrogen) atoms. The first-order chi connectivity index (χ1) is 11.8. The third-order valence-corrected chi connectivity index (χ3v) is 4.19. The lowest BCUT2D eigenvalue weighted by Crippen LogP contribution is -2.13. The Hall–Kier alpha value is -2.53. The predicted octanol–water partition coefficient (Wildman–Crippen LogP) is 4.40. The molecule has 2 rings (SSSR count). The highest BCUT2D eigenvalue weighted by atomic mass is 32.2. The lowest BCUT2D eigenvalue weighted by Gasteiger charge is -2.11. The molecule has 2 aromatic rings. The number of para-hydroxylation sites is 1. The predicted molar refractivity (Wildman–Crippen MR) is 89.1 cm³/mol. The summed E-state index contributed by atoms with van der Waals surface area (Å²) in [6.07, 6.45) is -4.50. The van der Waals surface area contributed by atoms with Gasteiger partial charge in [-0.1, -0.05) is 18.2 Å². The average molecular weight is 365 g/mol. The number of nitrogens with one attached hydrogen (secondary N) is 1. The second kappa shape index (κ2) is 8.03. The Labute approximate surface area is 147 Å². The van der Waals surface area contributed by atoms with E-state index in [-0.39, 0.29) is 34.2 Å². The number of hydrogen-bond acceptors (Lipinski definition) is 4. The number of anilines is 1. The number of carbonyl (C=O) groups excluding carboxylic acids is 1. The number of aromatic nitrogens is 1. The first-order valence-corrected chi connectivity index (χ1v) is 8.26. The van der Waals surface area contributed by atoms with Crippen molar-refractivity contribution in [3.63, 3.8) is 0 Å². The quantitative estimate of drug-likeness (QED) is 0.798. The summed E-state index contributed by atoms with van der Waals surface area (Å²) in [5.74, 6) is -0.0536. The van der Waals surface area contributed by atoms with Crippen LogP contribution in [-0.4, -0.2) is 16.6 Å². The van der Waals surface area contributed by atoms with E-state index < -0.39 is 11.9 Å². The van der Waals surface area contributed by atoms with Crippen molar-refractivity contribution in [1.82, 2.24) is 4.98 Å². The molecule has 0 spiro atoms. The molecule has 0 unspecified atom stereocenters. The van der Waals surface area contributed by atoms with Crippen molar-refractivity contribution in [1.29, 1.82) is 5.26 Å². The Bertz CT molecular complexity index is 801. The van der Waals surface area contributed by atoms with Crippen LogP contribution < -0.4 is 5.32 Å². The number of rotatable bonds is 5. The molecule has 0 atom stereocenters. The Morgan fingerprint density at radius 3 is 2.60 bits per heavy atom. The van der Waals surface area contributed by atoms with Gasteiger partial charge in [-0.3, -0.25) is 4.79 Å². The molecule has 8 heteroatoms. The molecule has 4 nitrogen and oxygen atoms in total. The van der Waals surface area contributed by atoms with Crippen molar-refractivity contribution >= 4 is 23.4 Å². The van der Waals surface area contributed by atoms with Gasteiger partial charge in [0.2, 0.25) is 5.91 Å². The first-order valence-electron chi connectivity index (χ1n) is 7.28. The van der Waals surface area contributed by atoms with Gasteiger partial charge in [-0.15, -0.1) is 11.8 Å². The van der Waals surface area contributed by atoms with Crippen LogP contribution in [-0.2, 0) is 11.0 Å². The number of nitrogens with zero attached hydrogens (tertiary/aromatic N) is 2. The van der Waals surface area contributed by atoms with Crippen LogP contribution in [0.2, 0.25) is 0 Å². The number of thioether (sulfide) groups is 1. The Morgan fingerprint density at radius 1 is 1.32 bits per heavy atom. The highest BCUT2D eigenvalue weighted by Gasteiger charge is 2.33. The molecule has 0 saturated carbocycles. The fraction of sp³-hybridized carbons (Fsp3) is 0.235. The van der Waals surface area contributed by atoms with Crippen molar-refractivity contribution in [2.24, 2.45) is 0 Å². The van der Waals surface area contributed by atoms with Crippen LogP contribution in [0.4, 0.5) is 18.9 Å². The van der Waals surface area contributed by atoms with Crippen molar-refractivity contribution in [3.8, 4) is 6.07 Å². The Kier molecular flexibility index (Phi) is 6.04. The van der Waals surface area contributed by atoms with E-state index in [1.54, 1.807) is 24.3 Å². The van der Waals surface area contributed by atoms with E-state index >= 15 is 0 Å². The van der Waals surface area contributed by atoms with Crippen LogP contribution in [0, 0.1) is 18.3 Å². The second-order valence-corrected chi connectivity index (χ2v) is 6.21. The number of alkyl halides is 3. The minimum absolute atomic E-state index is 0.0117. The monoisotopic (exact) mass is 365 g/mol. The number of aryl methyl sites for hydroxylation is 1. The van der Waals surface area contributed by atoms with Gasteiger partial charge in [0.1, 0.15) is 16.8 Å². The number of pyridine rings is 1. The summed E-state index contributed by atoms with van der Waals surface area (Å²) < 4.78 is 38.6. The van der Waals surface area contributed by atoms with Gasteiger partial charge in [0, 0.05) is 17.9 Å². The molecule has 0 radical (unpaired) electrons. The molecule has 1 amide bonds. The van der Waals surface area contributed by atoms with E-state index in [0.29, 0.717) is 5.69 Å². The highest BCUT2D eigenvalue weighted by molar-refractivity contribution is 7.99. The zero-order valence-electron chi connectivity index (χ0n) is 13.2. The van der Waals surface area contributed by atoms with Crippen LogP contribution >= 0.6 is 11.8 Å². The van der Waals surface area contributed by atoms with E-state index in [4.69, 9.17) is 5.26 Å². The van der Waals surface area contributed by atoms with Gasteiger partial charge in [0.15, 0.2) is 0 Å². The van der Waals surface area contributed by atoms with Crippen molar-refractivity contribution in [2.45, 2.75) is 24.5 Å². The lowest BCUT2D eigenvalue weighted by molar-refractivity contribution is -0.141. The summed E-state index contributed by atoms with van der Waals surface area (Å²) in [5, 5.41) is 11.8. The van der Waals surface area contributed by atoms with Crippen molar-refractivity contribution < 1.29 is 18.0 Å². The third kappa shape index (κ3) is 5.22. The molecule has 0 fully saturated rings. The topological polar surface area (TPSA) is 65.8 Å². The van der Waals surface area contributed by atoms with Gasteiger partial charge in [-0.2, -0.15) is 18.4 Å². The SMILES string of the molecule is Cc1cc(C(F)(F)F)nc(SCCC(=O)Nc2ccccc2)c1C#N. The van der Waals surface area contributed by atoms with Crippen LogP contribution in [0.1, 0.15) is 23.2 Å². The number of amides is 1. The third-order valence-electron chi connectivity index (χ3n) is 3.21. The standard InChI is InChI=1S/C17H14F3N3OS/c1-11-9-14(17(18,19)20)23-16(13(11)10-21)25-8-7-15(24)22-12-5-3-2-4-6-12/h2-6,9H,7-8H2,1H3,(H,22,24). The second-order valence-electron chi connectivity index (χ2n) is 5.13. The lowest BCUT2D eigenvalue weighted by atomic mass is 10.1. The molecule has 1 N–H and O–H groups in total. The van der Waals surface area contributed by atoms with Crippen LogP contribution in [0.25, 0.3) is 0 Å². The average Bonchev–Trinajstić information content (AvgIpc) is 2.54. The summed E-state index contributed by atoms with van der Waals surface area (Å²) in [7, 11) is 0. The molecule has 0 saturated heterocycles. The molecule has 0 aliphatic heterocycles. The van der Waals surface area contributed by atoms with E-state index in [2.05, 4.69) is 10.3 Å². The van der Waals surface area contributed by atoms with Gasteiger partial charge >= 0.3 is 6.18 Å². The number of carbonyl (C=O) groups is 1. The van der Waals surface area contributed by atoms with Crippen LogP contribution in [0.3, 0.4) is 0 Å². The summed E-state index contributed by atoms with van der Waals surface area (Å²) in [5.41, 5.74) is -0.0916. The molecule has 0 aliphatic carbocycles. The minimum atomic E-state index is -4.58. The van der Waals surface area contributed by atoms with Crippen LogP contribution in [0.15, 0.2) is 41.4 Å². The minimum Gasteiger partial charge on any atom is -0.326 e. The molecular formula is C17H14F3N3OS. The zero-order chi connectivity index (χ0) is 18.4. The normalized spacial score (nSPS) is 11.0. The molecule has 130 valence electrons. The Balaban J connectivity index is 2.03.